The summed E-state index contributed by atoms with van der Waals surface area (Å²) in [6, 6.07) is 0.263. The summed E-state index contributed by atoms with van der Waals surface area (Å²) in [5, 5.41) is 11.7. The van der Waals surface area contributed by atoms with Gasteiger partial charge in [0.25, 0.3) is 0 Å². The number of rotatable bonds is 3. The zero-order valence-electron chi connectivity index (χ0n) is 6.35. The Morgan fingerprint density at radius 3 is 2.20 bits per heavy atom. The molecule has 0 heterocycles. The quantitative estimate of drug-likeness (QED) is 0.608. The molecule has 0 atom stereocenters. The molecule has 1 aliphatic rings. The van der Waals surface area contributed by atoms with E-state index in [1.54, 1.807) is 0 Å². The predicted molar refractivity (Wildman–Crippen MR) is 37.9 cm³/mol. The van der Waals surface area contributed by atoms with Crippen LogP contribution in [0.3, 0.4) is 0 Å². The topological polar surface area (TPSA) is 49.3 Å². The highest BCUT2D eigenvalue weighted by Crippen LogP contribution is 2.35. The van der Waals surface area contributed by atoms with Crippen LogP contribution in [0, 0.1) is 0 Å². The Morgan fingerprint density at radius 2 is 2.10 bits per heavy atom. The molecule has 1 rings (SSSR count). The van der Waals surface area contributed by atoms with Gasteiger partial charge in [0.15, 0.2) is 0 Å². The van der Waals surface area contributed by atoms with Gasteiger partial charge in [0.05, 0.1) is 0 Å². The van der Waals surface area contributed by atoms with Crippen molar-refractivity contribution in [2.45, 2.75) is 38.3 Å². The zero-order valence-corrected chi connectivity index (χ0v) is 6.35. The Hall–Kier alpha value is -0.570. The maximum Gasteiger partial charge on any atom is 0.323 e. The molecule has 0 spiro atoms. The SMILES string of the molecule is CC(C)NC1(C(=O)O)CC1. The maximum absolute atomic E-state index is 10.6. The van der Waals surface area contributed by atoms with Gasteiger partial charge in [0.1, 0.15) is 5.54 Å². The summed E-state index contributed by atoms with van der Waals surface area (Å²) in [5.41, 5.74) is -0.561. The molecule has 58 valence electrons. The van der Waals surface area contributed by atoms with Gasteiger partial charge in [-0.25, -0.2) is 0 Å². The predicted octanol–water partition coefficient (Wildman–Crippen LogP) is 0.602. The lowest BCUT2D eigenvalue weighted by atomic mass is 10.2. The Kier molecular flexibility index (Phi) is 1.68. The summed E-state index contributed by atoms with van der Waals surface area (Å²) in [4.78, 5) is 10.6. The Balaban J connectivity index is 2.45. The average molecular weight is 143 g/mol. The van der Waals surface area contributed by atoms with Crippen molar-refractivity contribution in [1.29, 1.82) is 0 Å². The van der Waals surface area contributed by atoms with Crippen LogP contribution in [0.15, 0.2) is 0 Å². The average Bonchev–Trinajstić information content (AvgIpc) is 2.46. The van der Waals surface area contributed by atoms with Crippen molar-refractivity contribution in [1.82, 2.24) is 5.32 Å². The molecular weight excluding hydrogens is 130 g/mol. The molecule has 0 aromatic rings. The summed E-state index contributed by atoms with van der Waals surface area (Å²) in [5.74, 6) is -0.707. The molecule has 3 heteroatoms. The smallest absolute Gasteiger partial charge is 0.323 e. The van der Waals surface area contributed by atoms with Crippen molar-refractivity contribution < 1.29 is 9.90 Å². The van der Waals surface area contributed by atoms with Crippen molar-refractivity contribution in [2.24, 2.45) is 0 Å². The second kappa shape index (κ2) is 2.23. The third kappa shape index (κ3) is 1.29. The lowest BCUT2D eigenvalue weighted by molar-refractivity contribution is -0.140. The molecule has 0 bridgehead atoms. The van der Waals surface area contributed by atoms with Gasteiger partial charge in [0, 0.05) is 6.04 Å². The van der Waals surface area contributed by atoms with Crippen LogP contribution in [0.5, 0.6) is 0 Å². The first-order chi connectivity index (χ1) is 4.57. The van der Waals surface area contributed by atoms with E-state index >= 15 is 0 Å². The van der Waals surface area contributed by atoms with Gasteiger partial charge < -0.3 is 5.11 Å². The minimum absolute atomic E-state index is 0.263. The molecule has 3 nitrogen and oxygen atoms in total. The number of aliphatic carboxylic acids is 1. The number of carboxylic acids is 1. The molecular formula is C7H13NO2. The number of hydrogen-bond acceptors (Lipinski definition) is 2. The van der Waals surface area contributed by atoms with Gasteiger partial charge in [-0.2, -0.15) is 0 Å². The number of nitrogens with one attached hydrogen (secondary N) is 1. The van der Waals surface area contributed by atoms with Crippen LogP contribution in [-0.4, -0.2) is 22.7 Å². The van der Waals surface area contributed by atoms with Crippen LogP contribution < -0.4 is 5.32 Å². The van der Waals surface area contributed by atoms with E-state index in [0.717, 1.165) is 12.8 Å². The summed E-state index contributed by atoms with van der Waals surface area (Å²) in [7, 11) is 0. The fourth-order valence-electron chi connectivity index (χ4n) is 1.10. The molecule has 1 fully saturated rings. The minimum atomic E-state index is -0.707. The standard InChI is InChI=1S/C7H13NO2/c1-5(2)8-7(3-4-7)6(9)10/h5,8H,3-4H2,1-2H3,(H,9,10). The van der Waals surface area contributed by atoms with Crippen LogP contribution in [0.25, 0.3) is 0 Å². The summed E-state index contributed by atoms with van der Waals surface area (Å²) in [6.07, 6.45) is 1.56. The van der Waals surface area contributed by atoms with E-state index in [9.17, 15) is 4.79 Å². The number of carboxylic acid groups (broad SMARTS) is 1. The maximum atomic E-state index is 10.6. The highest BCUT2D eigenvalue weighted by Gasteiger charge is 2.50. The monoisotopic (exact) mass is 143 g/mol. The highest BCUT2D eigenvalue weighted by molar-refractivity contribution is 5.82. The molecule has 0 aromatic carbocycles. The Bertz CT molecular complexity index is 150. The molecule has 2 N–H and O–H groups in total. The van der Waals surface area contributed by atoms with Gasteiger partial charge >= 0.3 is 5.97 Å². The van der Waals surface area contributed by atoms with Crippen molar-refractivity contribution >= 4 is 5.97 Å². The van der Waals surface area contributed by atoms with E-state index in [-0.39, 0.29) is 6.04 Å². The van der Waals surface area contributed by atoms with Crippen LogP contribution in [-0.2, 0) is 4.79 Å². The minimum Gasteiger partial charge on any atom is -0.480 e. The van der Waals surface area contributed by atoms with Crippen molar-refractivity contribution in [2.75, 3.05) is 0 Å². The number of hydrogen-bond donors (Lipinski definition) is 2. The van der Waals surface area contributed by atoms with E-state index < -0.39 is 11.5 Å². The molecule has 1 saturated carbocycles. The molecule has 0 aliphatic heterocycles. The van der Waals surface area contributed by atoms with Crippen molar-refractivity contribution in [3.05, 3.63) is 0 Å². The van der Waals surface area contributed by atoms with Gasteiger partial charge in [-0.15, -0.1) is 0 Å². The fraction of sp³-hybridized carbons (Fsp3) is 0.857. The van der Waals surface area contributed by atoms with Gasteiger partial charge in [0.2, 0.25) is 0 Å². The Morgan fingerprint density at radius 1 is 1.60 bits per heavy atom. The number of carbonyl (C=O) groups is 1. The molecule has 1 aliphatic carbocycles. The third-order valence-electron chi connectivity index (χ3n) is 1.72. The van der Waals surface area contributed by atoms with Crippen molar-refractivity contribution in [3.8, 4) is 0 Å². The normalized spacial score (nSPS) is 21.1. The summed E-state index contributed by atoms with van der Waals surface area (Å²) >= 11 is 0. The largest absolute Gasteiger partial charge is 0.480 e. The second-order valence-electron chi connectivity index (χ2n) is 3.19. The first-order valence-electron chi connectivity index (χ1n) is 3.58. The lowest BCUT2D eigenvalue weighted by Gasteiger charge is -2.14. The summed E-state index contributed by atoms with van der Waals surface area (Å²) < 4.78 is 0. The van der Waals surface area contributed by atoms with E-state index in [1.165, 1.54) is 0 Å². The van der Waals surface area contributed by atoms with Crippen LogP contribution in [0.2, 0.25) is 0 Å². The zero-order chi connectivity index (χ0) is 7.78. The third-order valence-corrected chi connectivity index (χ3v) is 1.72. The highest BCUT2D eigenvalue weighted by atomic mass is 16.4. The fourth-order valence-corrected chi connectivity index (χ4v) is 1.10. The Labute approximate surface area is 60.4 Å². The second-order valence-corrected chi connectivity index (χ2v) is 3.19. The first-order valence-corrected chi connectivity index (χ1v) is 3.58. The summed E-state index contributed by atoms with van der Waals surface area (Å²) in [6.45, 7) is 3.92. The molecule has 0 unspecified atom stereocenters. The molecule has 10 heavy (non-hydrogen) atoms. The van der Waals surface area contributed by atoms with E-state index in [4.69, 9.17) is 5.11 Å². The van der Waals surface area contributed by atoms with E-state index in [0.29, 0.717) is 0 Å². The van der Waals surface area contributed by atoms with Gasteiger partial charge in [-0.3, -0.25) is 10.1 Å². The molecule has 0 saturated heterocycles. The van der Waals surface area contributed by atoms with Crippen LogP contribution >= 0.6 is 0 Å². The van der Waals surface area contributed by atoms with Gasteiger partial charge in [-0.1, -0.05) is 0 Å². The van der Waals surface area contributed by atoms with E-state index in [2.05, 4.69) is 5.32 Å². The van der Waals surface area contributed by atoms with Crippen molar-refractivity contribution in [3.63, 3.8) is 0 Å². The molecule has 0 amide bonds. The molecule has 0 aromatic heterocycles. The van der Waals surface area contributed by atoms with Gasteiger partial charge in [-0.05, 0) is 26.7 Å². The first kappa shape index (κ1) is 7.54. The lowest BCUT2D eigenvalue weighted by Crippen LogP contribution is -2.43. The van der Waals surface area contributed by atoms with Crippen LogP contribution in [0.1, 0.15) is 26.7 Å². The van der Waals surface area contributed by atoms with Crippen LogP contribution in [0.4, 0.5) is 0 Å². The molecule has 0 radical (unpaired) electrons. The van der Waals surface area contributed by atoms with E-state index in [1.807, 2.05) is 13.8 Å².